The van der Waals surface area contributed by atoms with Gasteiger partial charge in [-0.1, -0.05) is 55.6 Å². The first-order chi connectivity index (χ1) is 18.5. The molecule has 0 atom stereocenters. The Labute approximate surface area is 218 Å². The zero-order valence-electron chi connectivity index (χ0n) is 20.2. The molecule has 4 aromatic carbocycles. The Kier molecular flexibility index (Phi) is 7.63. The lowest BCUT2D eigenvalue weighted by molar-refractivity contribution is 0.366. The van der Waals surface area contributed by atoms with Crippen LogP contribution in [0.1, 0.15) is 27.8 Å². The van der Waals surface area contributed by atoms with E-state index in [0.29, 0.717) is 16.7 Å². The highest BCUT2D eigenvalue weighted by molar-refractivity contribution is 5.69. The number of hydrogen-bond donors (Lipinski definition) is 0. The van der Waals surface area contributed by atoms with Gasteiger partial charge >= 0.3 is 0 Å². The Morgan fingerprint density at radius 2 is 1.15 bits per heavy atom. The minimum absolute atomic E-state index is 0.236. The molecule has 0 spiro atoms. The van der Waals surface area contributed by atoms with E-state index in [2.05, 4.69) is 13.2 Å². The third kappa shape index (κ3) is 4.92. The molecule has 200 valence electrons. The van der Waals surface area contributed by atoms with Crippen LogP contribution in [0.4, 0.5) is 35.1 Å². The molecule has 39 heavy (non-hydrogen) atoms. The standard InChI is InChI=1S/C30H18F8O/c1-4-15-7-10-18(11-8-15)39-30-28(37)26(35)21(27(36)29(30)38)20-24(33)22(31)19(23(32)25(20)34)13-16-6-9-17(5-2)14(3)12-16/h4-12H,1-2,13H2,3H3. The first kappa shape index (κ1) is 27.6. The summed E-state index contributed by atoms with van der Waals surface area (Å²) < 4.78 is 124. The van der Waals surface area contributed by atoms with Gasteiger partial charge in [-0.15, -0.1) is 0 Å². The molecular weight excluding hydrogens is 528 g/mol. The lowest BCUT2D eigenvalue weighted by atomic mass is 9.95. The van der Waals surface area contributed by atoms with Gasteiger partial charge in [-0.3, -0.25) is 0 Å². The van der Waals surface area contributed by atoms with E-state index in [9.17, 15) is 26.3 Å². The molecule has 4 aromatic rings. The van der Waals surface area contributed by atoms with Crippen LogP contribution < -0.4 is 4.74 Å². The largest absolute Gasteiger partial charge is 0.451 e. The maximum absolute atomic E-state index is 15.0. The fraction of sp³-hybridized carbons (Fsp3) is 0.0667. The van der Waals surface area contributed by atoms with E-state index in [1.54, 1.807) is 13.0 Å². The molecule has 0 aliphatic carbocycles. The molecule has 0 fully saturated rings. The number of ether oxygens (including phenoxy) is 1. The lowest BCUT2D eigenvalue weighted by Crippen LogP contribution is -2.11. The van der Waals surface area contributed by atoms with Crippen molar-refractivity contribution in [2.24, 2.45) is 0 Å². The topological polar surface area (TPSA) is 9.23 Å². The van der Waals surface area contributed by atoms with Crippen LogP contribution in [-0.2, 0) is 6.42 Å². The predicted molar refractivity (Wildman–Crippen MR) is 132 cm³/mol. The fourth-order valence-electron chi connectivity index (χ4n) is 4.04. The molecule has 0 N–H and O–H groups in total. The summed E-state index contributed by atoms with van der Waals surface area (Å²) in [4.78, 5) is 0. The third-order valence-corrected chi connectivity index (χ3v) is 6.10. The van der Waals surface area contributed by atoms with Gasteiger partial charge in [0.15, 0.2) is 34.9 Å². The lowest BCUT2D eigenvalue weighted by Gasteiger charge is -2.16. The number of aryl methyl sites for hydroxylation is 1. The van der Waals surface area contributed by atoms with Crippen molar-refractivity contribution in [3.8, 4) is 22.6 Å². The van der Waals surface area contributed by atoms with Gasteiger partial charge in [0.2, 0.25) is 17.4 Å². The van der Waals surface area contributed by atoms with Crippen LogP contribution in [0.25, 0.3) is 23.3 Å². The van der Waals surface area contributed by atoms with Crippen molar-refractivity contribution < 1.29 is 39.9 Å². The monoisotopic (exact) mass is 546 g/mol. The van der Waals surface area contributed by atoms with E-state index >= 15 is 8.78 Å². The molecule has 0 aliphatic heterocycles. The van der Waals surface area contributed by atoms with Gasteiger partial charge in [-0.25, -0.2) is 26.3 Å². The number of halogens is 8. The van der Waals surface area contributed by atoms with Crippen LogP contribution in [0.3, 0.4) is 0 Å². The minimum Gasteiger partial charge on any atom is -0.451 e. The van der Waals surface area contributed by atoms with Gasteiger partial charge in [-0.2, -0.15) is 8.78 Å². The molecule has 0 amide bonds. The van der Waals surface area contributed by atoms with Crippen molar-refractivity contribution in [3.05, 3.63) is 130 Å². The number of hydrogen-bond acceptors (Lipinski definition) is 1. The zero-order chi connectivity index (χ0) is 28.6. The molecule has 4 rings (SSSR count). The molecule has 9 heteroatoms. The molecule has 0 saturated heterocycles. The van der Waals surface area contributed by atoms with Crippen LogP contribution in [0.15, 0.2) is 55.6 Å². The van der Waals surface area contributed by atoms with E-state index in [1.165, 1.54) is 48.6 Å². The van der Waals surface area contributed by atoms with E-state index in [1.807, 2.05) is 0 Å². The predicted octanol–water partition coefficient (Wildman–Crippen LogP) is 9.44. The summed E-state index contributed by atoms with van der Waals surface area (Å²) in [5.41, 5.74) is -2.76. The highest BCUT2D eigenvalue weighted by atomic mass is 19.2. The summed E-state index contributed by atoms with van der Waals surface area (Å²) in [6.07, 6.45) is 2.35. The van der Waals surface area contributed by atoms with Crippen LogP contribution in [-0.4, -0.2) is 0 Å². The van der Waals surface area contributed by atoms with E-state index in [4.69, 9.17) is 4.74 Å². The maximum atomic E-state index is 15.0. The molecule has 0 saturated carbocycles. The Morgan fingerprint density at radius 1 is 0.641 bits per heavy atom. The smallest absolute Gasteiger partial charge is 0.205 e. The number of rotatable bonds is 7. The van der Waals surface area contributed by atoms with Crippen molar-refractivity contribution in [1.29, 1.82) is 0 Å². The van der Waals surface area contributed by atoms with Crippen molar-refractivity contribution in [2.75, 3.05) is 0 Å². The normalized spacial score (nSPS) is 11.0. The summed E-state index contributed by atoms with van der Waals surface area (Å²) in [5, 5.41) is 0. The summed E-state index contributed by atoms with van der Waals surface area (Å²) >= 11 is 0. The van der Waals surface area contributed by atoms with Crippen LogP contribution >= 0.6 is 0 Å². The maximum Gasteiger partial charge on any atom is 0.205 e. The second-order valence-corrected chi connectivity index (χ2v) is 8.52. The third-order valence-electron chi connectivity index (χ3n) is 6.10. The van der Waals surface area contributed by atoms with Crippen molar-refractivity contribution in [2.45, 2.75) is 13.3 Å². The van der Waals surface area contributed by atoms with E-state index < -0.39 is 75.4 Å². The molecule has 1 nitrogen and oxygen atoms in total. The Hall–Kier alpha value is -4.40. The molecule has 0 radical (unpaired) electrons. The Bertz CT molecular complexity index is 1570. The summed E-state index contributed by atoms with van der Waals surface area (Å²) in [6, 6.07) is 9.80. The average Bonchev–Trinajstić information content (AvgIpc) is 2.93. The van der Waals surface area contributed by atoms with E-state index in [0.717, 1.165) is 0 Å². The van der Waals surface area contributed by atoms with Gasteiger partial charge in [0, 0.05) is 12.0 Å². The molecular formula is C30H18F8O. The van der Waals surface area contributed by atoms with Crippen molar-refractivity contribution in [1.82, 2.24) is 0 Å². The number of benzene rings is 4. The second-order valence-electron chi connectivity index (χ2n) is 8.52. The Balaban J connectivity index is 1.82. The molecule has 0 bridgehead atoms. The van der Waals surface area contributed by atoms with Crippen LogP contribution in [0, 0.1) is 53.5 Å². The van der Waals surface area contributed by atoms with Crippen LogP contribution in [0.5, 0.6) is 11.5 Å². The zero-order valence-corrected chi connectivity index (χ0v) is 20.2. The van der Waals surface area contributed by atoms with Gasteiger partial charge < -0.3 is 4.74 Å². The van der Waals surface area contributed by atoms with Gasteiger partial charge in [-0.05, 0) is 41.3 Å². The second kappa shape index (κ2) is 10.8. The highest BCUT2D eigenvalue weighted by Gasteiger charge is 2.35. The molecule has 0 aliphatic rings. The van der Waals surface area contributed by atoms with Crippen LogP contribution in [0.2, 0.25) is 0 Å². The summed E-state index contributed by atoms with van der Waals surface area (Å²) in [6.45, 7) is 8.81. The Morgan fingerprint density at radius 3 is 1.62 bits per heavy atom. The average molecular weight is 546 g/mol. The van der Waals surface area contributed by atoms with E-state index in [-0.39, 0.29) is 11.3 Å². The summed E-state index contributed by atoms with van der Waals surface area (Å²) in [5.74, 6) is -19.2. The quantitative estimate of drug-likeness (QED) is 0.166. The van der Waals surface area contributed by atoms with Gasteiger partial charge in [0.25, 0.3) is 0 Å². The molecule has 0 aromatic heterocycles. The van der Waals surface area contributed by atoms with Crippen molar-refractivity contribution in [3.63, 3.8) is 0 Å². The summed E-state index contributed by atoms with van der Waals surface area (Å²) in [7, 11) is 0. The highest BCUT2D eigenvalue weighted by Crippen LogP contribution is 2.41. The van der Waals surface area contributed by atoms with Gasteiger partial charge in [0.05, 0.1) is 11.1 Å². The molecule has 0 unspecified atom stereocenters. The first-order valence-electron chi connectivity index (χ1n) is 11.3. The van der Waals surface area contributed by atoms with Crippen molar-refractivity contribution >= 4 is 12.2 Å². The SMILES string of the molecule is C=Cc1ccc(Oc2c(F)c(F)c(-c3c(F)c(F)c(Cc4ccc(C=C)c(C)c4)c(F)c3F)c(F)c2F)cc1. The minimum atomic E-state index is -2.31. The fourth-order valence-corrected chi connectivity index (χ4v) is 4.04. The van der Waals surface area contributed by atoms with Gasteiger partial charge in [0.1, 0.15) is 5.75 Å². The molecule has 0 heterocycles. The first-order valence-corrected chi connectivity index (χ1v) is 11.3.